The summed E-state index contributed by atoms with van der Waals surface area (Å²) in [6.45, 7) is 5.42. The van der Waals surface area contributed by atoms with Gasteiger partial charge in [0, 0.05) is 32.9 Å². The molecule has 0 aliphatic heterocycles. The molecule has 8 heteroatoms. The van der Waals surface area contributed by atoms with Crippen LogP contribution >= 0.6 is 0 Å². The summed E-state index contributed by atoms with van der Waals surface area (Å²) in [5.74, 6) is -0.375. The average Bonchev–Trinajstić information content (AvgIpc) is 2.41. The topological polar surface area (TPSA) is 74.2 Å². The lowest BCUT2D eigenvalue weighted by atomic mass is 10.4. The molecule has 0 aromatic rings. The molecule has 0 atom stereocenters. The van der Waals surface area contributed by atoms with E-state index in [1.54, 1.807) is 28.3 Å². The molecule has 0 radical (unpaired) electrons. The Bertz CT molecular complexity index is 234. The van der Waals surface area contributed by atoms with Crippen LogP contribution in [0.3, 0.4) is 0 Å². The lowest BCUT2D eigenvalue weighted by Crippen LogP contribution is -2.42. The molecule has 0 bridgehead atoms. The Morgan fingerprint density at radius 1 is 1.22 bits per heavy atom. The van der Waals surface area contributed by atoms with Crippen LogP contribution in [0.5, 0.6) is 0 Å². The second kappa shape index (κ2) is 11.6. The quantitative estimate of drug-likeness (QED) is 0.285. The highest BCUT2D eigenvalue weighted by Crippen LogP contribution is 2.14. The van der Waals surface area contributed by atoms with Crippen LogP contribution in [0.2, 0.25) is 6.04 Å². The van der Waals surface area contributed by atoms with E-state index in [4.69, 9.17) is 22.8 Å². The Morgan fingerprint density at radius 3 is 2.00 bits per heavy atom. The van der Waals surface area contributed by atoms with Crippen molar-refractivity contribution in [2.24, 2.45) is 0 Å². The SMILES string of the molecule is C=C(C)C(=O)OCCC[Si](OC)(OC)OC.O[SiH3]. The number of hydrogen-bond acceptors (Lipinski definition) is 6. The van der Waals surface area contributed by atoms with E-state index in [1.807, 2.05) is 0 Å². The molecule has 18 heavy (non-hydrogen) atoms. The summed E-state index contributed by atoms with van der Waals surface area (Å²) >= 11 is 0. The van der Waals surface area contributed by atoms with E-state index in [0.717, 1.165) is 0 Å². The van der Waals surface area contributed by atoms with E-state index < -0.39 is 8.80 Å². The van der Waals surface area contributed by atoms with Crippen molar-refractivity contribution in [1.82, 2.24) is 0 Å². The zero-order valence-electron chi connectivity index (χ0n) is 11.8. The van der Waals surface area contributed by atoms with Gasteiger partial charge in [0.05, 0.1) is 6.61 Å². The predicted molar refractivity (Wildman–Crippen MR) is 74.1 cm³/mol. The Morgan fingerprint density at radius 2 is 1.67 bits per heavy atom. The number of carbonyl (C=O) groups excluding carboxylic acids is 1. The Kier molecular flexibility index (Phi) is 12.7. The van der Waals surface area contributed by atoms with Gasteiger partial charge in [-0.1, -0.05) is 6.58 Å². The molecule has 0 saturated heterocycles. The average molecular weight is 296 g/mol. The molecule has 108 valence electrons. The van der Waals surface area contributed by atoms with Crippen LogP contribution in [0.25, 0.3) is 0 Å². The lowest BCUT2D eigenvalue weighted by Gasteiger charge is -2.24. The molecule has 0 fully saturated rings. The Hall–Kier alpha value is -0.516. The molecule has 0 heterocycles. The second-order valence-electron chi connectivity index (χ2n) is 3.32. The molecule has 0 aromatic heterocycles. The van der Waals surface area contributed by atoms with Crippen LogP contribution in [-0.2, 0) is 22.8 Å². The third-order valence-corrected chi connectivity index (χ3v) is 4.97. The highest BCUT2D eigenvalue weighted by molar-refractivity contribution is 6.60. The van der Waals surface area contributed by atoms with Gasteiger partial charge < -0.3 is 22.8 Å². The van der Waals surface area contributed by atoms with E-state index in [1.165, 1.54) is 0 Å². The Balaban J connectivity index is 0. The zero-order chi connectivity index (χ0) is 14.6. The predicted octanol–water partition coefficient (Wildman–Crippen LogP) is -0.367. The number of hydrogen-bond donors (Lipinski definition) is 1. The first kappa shape index (κ1) is 19.8. The summed E-state index contributed by atoms with van der Waals surface area (Å²) in [5.41, 5.74) is 0.397. The maximum Gasteiger partial charge on any atom is 0.500 e. The van der Waals surface area contributed by atoms with Gasteiger partial charge in [0.15, 0.2) is 0 Å². The molecular weight excluding hydrogens is 272 g/mol. The van der Waals surface area contributed by atoms with Crippen molar-refractivity contribution in [2.75, 3.05) is 27.9 Å². The number of esters is 1. The van der Waals surface area contributed by atoms with Crippen molar-refractivity contribution in [3.63, 3.8) is 0 Å². The number of ether oxygens (including phenoxy) is 1. The van der Waals surface area contributed by atoms with Gasteiger partial charge in [0.2, 0.25) is 0 Å². The Labute approximate surface area is 113 Å². The van der Waals surface area contributed by atoms with Gasteiger partial charge in [0.1, 0.15) is 10.5 Å². The molecule has 0 rings (SSSR count). The fourth-order valence-corrected chi connectivity index (χ4v) is 2.82. The summed E-state index contributed by atoms with van der Waals surface area (Å²) in [7, 11) is 2.44. The van der Waals surface area contributed by atoms with E-state index in [-0.39, 0.29) is 5.97 Å². The summed E-state index contributed by atoms with van der Waals surface area (Å²) in [4.78, 5) is 18.2. The molecule has 0 aromatic carbocycles. The molecule has 0 spiro atoms. The summed E-state index contributed by atoms with van der Waals surface area (Å²) < 4.78 is 20.6. The highest BCUT2D eigenvalue weighted by atomic mass is 28.4. The minimum absolute atomic E-state index is 0.306. The maximum absolute atomic E-state index is 11.1. The van der Waals surface area contributed by atoms with Crippen molar-refractivity contribution >= 4 is 25.3 Å². The van der Waals surface area contributed by atoms with Crippen molar-refractivity contribution in [3.8, 4) is 0 Å². The van der Waals surface area contributed by atoms with Crippen molar-refractivity contribution in [2.45, 2.75) is 19.4 Å². The number of rotatable bonds is 8. The monoisotopic (exact) mass is 296 g/mol. The van der Waals surface area contributed by atoms with Crippen LogP contribution in [0.15, 0.2) is 12.2 Å². The standard InChI is InChI=1S/C10H20O5Si.H4OSi/c1-9(2)10(11)15-7-6-8-16(12-3,13-4)14-5;1-2/h1,6-8H2,2-5H3;1H,2H3. The fraction of sp³-hybridized carbons (Fsp3) is 0.700. The summed E-state index contributed by atoms with van der Waals surface area (Å²) in [6.07, 6.45) is 0.640. The molecular formula is C10H24O6Si2. The van der Waals surface area contributed by atoms with Gasteiger partial charge in [-0.15, -0.1) is 0 Å². The van der Waals surface area contributed by atoms with Crippen LogP contribution in [-0.4, -0.2) is 58.0 Å². The minimum atomic E-state index is -2.53. The molecule has 0 unspecified atom stereocenters. The largest absolute Gasteiger partial charge is 0.500 e. The van der Waals surface area contributed by atoms with E-state index >= 15 is 0 Å². The molecule has 0 saturated carbocycles. The van der Waals surface area contributed by atoms with Crippen LogP contribution in [0, 0.1) is 0 Å². The number of carbonyl (C=O) groups is 1. The zero-order valence-corrected chi connectivity index (χ0v) is 14.8. The van der Waals surface area contributed by atoms with Gasteiger partial charge in [0.25, 0.3) is 0 Å². The third-order valence-electron chi connectivity index (χ3n) is 2.14. The third kappa shape index (κ3) is 7.74. The second-order valence-corrected chi connectivity index (χ2v) is 6.41. The van der Waals surface area contributed by atoms with Gasteiger partial charge in [-0.2, -0.15) is 0 Å². The normalized spacial score (nSPS) is 10.5. The van der Waals surface area contributed by atoms with Crippen LogP contribution in [0.4, 0.5) is 0 Å². The fourth-order valence-electron chi connectivity index (χ4n) is 1.13. The van der Waals surface area contributed by atoms with Crippen LogP contribution in [0.1, 0.15) is 13.3 Å². The smallest absolute Gasteiger partial charge is 0.462 e. The van der Waals surface area contributed by atoms with Gasteiger partial charge in [-0.25, -0.2) is 4.79 Å². The maximum atomic E-state index is 11.1. The molecule has 6 nitrogen and oxygen atoms in total. The first-order valence-corrected chi connectivity index (χ1v) is 8.26. The highest BCUT2D eigenvalue weighted by Gasteiger charge is 2.36. The first-order chi connectivity index (χ1) is 8.51. The summed E-state index contributed by atoms with van der Waals surface area (Å²) in [6, 6.07) is 0.611. The van der Waals surface area contributed by atoms with Crippen molar-refractivity contribution < 1.29 is 27.6 Å². The van der Waals surface area contributed by atoms with E-state index in [0.29, 0.717) is 35.1 Å². The van der Waals surface area contributed by atoms with E-state index in [2.05, 4.69) is 6.58 Å². The minimum Gasteiger partial charge on any atom is -0.462 e. The molecule has 0 aliphatic rings. The van der Waals surface area contributed by atoms with Crippen molar-refractivity contribution in [3.05, 3.63) is 12.2 Å². The van der Waals surface area contributed by atoms with E-state index in [9.17, 15) is 4.79 Å². The van der Waals surface area contributed by atoms with Crippen LogP contribution < -0.4 is 0 Å². The van der Waals surface area contributed by atoms with Gasteiger partial charge in [-0.3, -0.25) is 0 Å². The lowest BCUT2D eigenvalue weighted by molar-refractivity contribution is -0.139. The molecule has 1 N–H and O–H groups in total. The van der Waals surface area contributed by atoms with Gasteiger partial charge in [-0.05, 0) is 13.3 Å². The van der Waals surface area contributed by atoms with Crippen molar-refractivity contribution in [1.29, 1.82) is 0 Å². The first-order valence-electron chi connectivity index (χ1n) is 5.44. The molecule has 0 amide bonds. The summed E-state index contributed by atoms with van der Waals surface area (Å²) in [5, 5.41) is 0. The van der Waals surface area contributed by atoms with Gasteiger partial charge >= 0.3 is 14.8 Å². The molecule has 0 aliphatic carbocycles.